The third-order valence-corrected chi connectivity index (χ3v) is 4.94. The van der Waals surface area contributed by atoms with Crippen molar-refractivity contribution in [3.63, 3.8) is 0 Å². The first-order valence-electron chi connectivity index (χ1n) is 8.85. The van der Waals surface area contributed by atoms with E-state index in [1.165, 1.54) is 12.3 Å². The monoisotopic (exact) mass is 430 g/mol. The van der Waals surface area contributed by atoms with Crippen molar-refractivity contribution in [3.8, 4) is 0 Å². The highest BCUT2D eigenvalue weighted by atomic mass is 35.5. The molecule has 1 aliphatic rings. The standard InChI is InChI=1S/C19H21ClF2N4O.ClH/c1-10(2)18-24-8-13(20)17(26-18)19(27)25-16-9-23-6-5-12(16)11-3-4-14(21)15(22)7-11;/h3-4,7-8,10,12,16,23H,5-6,9H2,1-2H3,(H,25,27);1H. The average molecular weight is 431 g/mol. The van der Waals surface area contributed by atoms with Crippen molar-refractivity contribution in [2.45, 2.75) is 38.1 Å². The lowest BCUT2D eigenvalue weighted by Gasteiger charge is -2.33. The van der Waals surface area contributed by atoms with Crippen LogP contribution in [0.3, 0.4) is 0 Å². The summed E-state index contributed by atoms with van der Waals surface area (Å²) in [7, 11) is 0. The molecule has 1 amide bonds. The van der Waals surface area contributed by atoms with Gasteiger partial charge in [0.2, 0.25) is 0 Å². The molecular weight excluding hydrogens is 409 g/mol. The second kappa shape index (κ2) is 9.58. The zero-order valence-electron chi connectivity index (χ0n) is 15.5. The summed E-state index contributed by atoms with van der Waals surface area (Å²) >= 11 is 6.11. The van der Waals surface area contributed by atoms with Crippen LogP contribution in [0.5, 0.6) is 0 Å². The summed E-state index contributed by atoms with van der Waals surface area (Å²) in [5.41, 5.74) is 0.766. The quantitative estimate of drug-likeness (QED) is 0.773. The van der Waals surface area contributed by atoms with Crippen LogP contribution in [0.25, 0.3) is 0 Å². The number of nitrogens with zero attached hydrogens (tertiary/aromatic N) is 2. The summed E-state index contributed by atoms with van der Waals surface area (Å²) in [5.74, 6) is -1.75. The van der Waals surface area contributed by atoms with Gasteiger partial charge in [0.25, 0.3) is 5.91 Å². The molecule has 28 heavy (non-hydrogen) atoms. The fourth-order valence-corrected chi connectivity index (χ4v) is 3.38. The minimum atomic E-state index is -0.892. The number of carbonyl (C=O) groups excluding carboxylic acids is 1. The average Bonchev–Trinajstić information content (AvgIpc) is 2.64. The number of benzene rings is 1. The molecule has 2 aromatic rings. The molecule has 0 spiro atoms. The van der Waals surface area contributed by atoms with Crippen molar-refractivity contribution in [3.05, 3.63) is 58.1 Å². The van der Waals surface area contributed by atoms with Gasteiger partial charge in [-0.2, -0.15) is 0 Å². The van der Waals surface area contributed by atoms with E-state index in [0.29, 0.717) is 24.4 Å². The lowest BCUT2D eigenvalue weighted by Crippen LogP contribution is -2.50. The van der Waals surface area contributed by atoms with Crippen LogP contribution < -0.4 is 10.6 Å². The van der Waals surface area contributed by atoms with Crippen molar-refractivity contribution >= 4 is 29.9 Å². The maximum absolute atomic E-state index is 13.6. The van der Waals surface area contributed by atoms with Gasteiger partial charge in [-0.05, 0) is 30.7 Å². The maximum atomic E-state index is 13.6. The van der Waals surface area contributed by atoms with Crippen molar-refractivity contribution in [1.82, 2.24) is 20.6 Å². The zero-order chi connectivity index (χ0) is 19.6. The van der Waals surface area contributed by atoms with Gasteiger partial charge in [-0.15, -0.1) is 12.4 Å². The van der Waals surface area contributed by atoms with E-state index in [-0.39, 0.29) is 41.0 Å². The van der Waals surface area contributed by atoms with Gasteiger partial charge in [0.05, 0.1) is 11.2 Å². The molecule has 1 fully saturated rings. The van der Waals surface area contributed by atoms with E-state index in [2.05, 4.69) is 20.6 Å². The first kappa shape index (κ1) is 22.5. The van der Waals surface area contributed by atoms with Gasteiger partial charge in [-0.1, -0.05) is 31.5 Å². The second-order valence-electron chi connectivity index (χ2n) is 6.93. The molecule has 1 saturated heterocycles. The third kappa shape index (κ3) is 4.96. The van der Waals surface area contributed by atoms with E-state index in [0.717, 1.165) is 12.6 Å². The molecule has 0 radical (unpaired) electrons. The first-order valence-corrected chi connectivity index (χ1v) is 9.23. The molecule has 2 heterocycles. The van der Waals surface area contributed by atoms with Crippen LogP contribution in [0.15, 0.2) is 24.4 Å². The van der Waals surface area contributed by atoms with Gasteiger partial charge >= 0.3 is 0 Å². The lowest BCUT2D eigenvalue weighted by atomic mass is 9.86. The molecule has 3 rings (SSSR count). The topological polar surface area (TPSA) is 66.9 Å². The number of amides is 1. The number of rotatable bonds is 4. The Morgan fingerprint density at radius 1 is 1.32 bits per heavy atom. The molecule has 2 N–H and O–H groups in total. The number of halogens is 4. The Morgan fingerprint density at radius 3 is 2.75 bits per heavy atom. The number of piperidine rings is 1. The zero-order valence-corrected chi connectivity index (χ0v) is 17.1. The van der Waals surface area contributed by atoms with Crippen LogP contribution in [-0.4, -0.2) is 35.0 Å². The molecule has 1 aliphatic heterocycles. The molecule has 9 heteroatoms. The van der Waals surface area contributed by atoms with E-state index in [1.807, 2.05) is 13.8 Å². The summed E-state index contributed by atoms with van der Waals surface area (Å²) in [6, 6.07) is 3.56. The molecule has 1 aromatic carbocycles. The number of carbonyl (C=O) groups is 1. The molecule has 2 atom stereocenters. The van der Waals surface area contributed by atoms with E-state index in [4.69, 9.17) is 11.6 Å². The Balaban J connectivity index is 0.00000280. The maximum Gasteiger partial charge on any atom is 0.271 e. The van der Waals surface area contributed by atoms with E-state index in [1.54, 1.807) is 6.07 Å². The number of aromatic nitrogens is 2. The van der Waals surface area contributed by atoms with Crippen molar-refractivity contribution in [2.24, 2.45) is 0 Å². The van der Waals surface area contributed by atoms with Gasteiger partial charge in [0.1, 0.15) is 11.5 Å². The van der Waals surface area contributed by atoms with E-state index >= 15 is 0 Å². The van der Waals surface area contributed by atoms with Crippen molar-refractivity contribution in [1.29, 1.82) is 0 Å². The summed E-state index contributed by atoms with van der Waals surface area (Å²) in [6.45, 7) is 5.08. The molecule has 0 aliphatic carbocycles. The Labute approximate surface area is 173 Å². The highest BCUT2D eigenvalue weighted by Crippen LogP contribution is 2.27. The lowest BCUT2D eigenvalue weighted by molar-refractivity contribution is 0.0919. The minimum Gasteiger partial charge on any atom is -0.346 e. The highest BCUT2D eigenvalue weighted by Gasteiger charge is 2.29. The predicted molar refractivity (Wildman–Crippen MR) is 106 cm³/mol. The molecule has 2 unspecified atom stereocenters. The molecule has 5 nitrogen and oxygen atoms in total. The summed E-state index contributed by atoms with van der Waals surface area (Å²) < 4.78 is 26.9. The van der Waals surface area contributed by atoms with E-state index in [9.17, 15) is 13.6 Å². The molecule has 0 bridgehead atoms. The summed E-state index contributed by atoms with van der Waals surface area (Å²) in [6.07, 6.45) is 2.11. The third-order valence-electron chi connectivity index (χ3n) is 4.66. The first-order chi connectivity index (χ1) is 12.9. The van der Waals surface area contributed by atoms with Gasteiger partial charge in [0, 0.05) is 24.4 Å². The van der Waals surface area contributed by atoms with Gasteiger partial charge in [-0.3, -0.25) is 4.79 Å². The minimum absolute atomic E-state index is 0. The Morgan fingerprint density at radius 2 is 2.07 bits per heavy atom. The SMILES string of the molecule is CC(C)c1ncc(Cl)c(C(=O)NC2CNCCC2c2ccc(F)c(F)c2)n1.Cl. The van der Waals surface area contributed by atoms with Crippen LogP contribution >= 0.6 is 24.0 Å². The van der Waals surface area contributed by atoms with Crippen LogP contribution in [0, 0.1) is 11.6 Å². The molecular formula is C19H22Cl2F2N4O. The largest absolute Gasteiger partial charge is 0.346 e. The van der Waals surface area contributed by atoms with Crippen molar-refractivity contribution < 1.29 is 13.6 Å². The Bertz CT molecular complexity index is 851. The number of hydrogen-bond acceptors (Lipinski definition) is 4. The Kier molecular flexibility index (Phi) is 7.69. The fourth-order valence-electron chi connectivity index (χ4n) is 3.21. The van der Waals surface area contributed by atoms with Gasteiger partial charge < -0.3 is 10.6 Å². The number of nitrogens with one attached hydrogen (secondary N) is 2. The fraction of sp³-hybridized carbons (Fsp3) is 0.421. The smallest absolute Gasteiger partial charge is 0.271 e. The normalized spacial score (nSPS) is 19.2. The molecule has 152 valence electrons. The van der Waals surface area contributed by atoms with Gasteiger partial charge in [-0.25, -0.2) is 18.7 Å². The number of hydrogen-bond donors (Lipinski definition) is 2. The molecule has 1 aromatic heterocycles. The predicted octanol–water partition coefficient (Wildman–Crippen LogP) is 3.83. The van der Waals surface area contributed by atoms with Crippen LogP contribution in [-0.2, 0) is 0 Å². The van der Waals surface area contributed by atoms with Gasteiger partial charge in [0.15, 0.2) is 11.6 Å². The molecule has 0 saturated carbocycles. The highest BCUT2D eigenvalue weighted by molar-refractivity contribution is 6.33. The van der Waals surface area contributed by atoms with Crippen LogP contribution in [0.4, 0.5) is 8.78 Å². The van der Waals surface area contributed by atoms with Crippen LogP contribution in [0.1, 0.15) is 54.0 Å². The van der Waals surface area contributed by atoms with Crippen molar-refractivity contribution in [2.75, 3.05) is 13.1 Å². The second-order valence-corrected chi connectivity index (χ2v) is 7.34. The van der Waals surface area contributed by atoms with E-state index < -0.39 is 17.5 Å². The Hall–Kier alpha value is -1.83. The summed E-state index contributed by atoms with van der Waals surface area (Å²) in [5, 5.41) is 6.32. The summed E-state index contributed by atoms with van der Waals surface area (Å²) in [4.78, 5) is 21.2. The van der Waals surface area contributed by atoms with Crippen LogP contribution in [0.2, 0.25) is 5.02 Å².